The van der Waals surface area contributed by atoms with E-state index >= 15 is 0 Å². The van der Waals surface area contributed by atoms with E-state index in [0.29, 0.717) is 6.04 Å². The number of hydrogen-bond acceptors (Lipinski definition) is 1. The van der Waals surface area contributed by atoms with E-state index in [1.807, 2.05) is 6.92 Å². The zero-order valence-corrected chi connectivity index (χ0v) is 13.3. The maximum Gasteiger partial charge on any atom is 0.127 e. The molecule has 2 aromatic rings. The molecule has 0 amide bonds. The molecule has 0 bridgehead atoms. The Balaban J connectivity index is 2.16. The summed E-state index contributed by atoms with van der Waals surface area (Å²) in [6.07, 6.45) is 5.16. The Bertz CT molecular complexity index is 615. The van der Waals surface area contributed by atoms with Crippen LogP contribution in [0.5, 0.6) is 0 Å². The summed E-state index contributed by atoms with van der Waals surface area (Å²) in [4.78, 5) is 4.84. The van der Waals surface area contributed by atoms with E-state index < -0.39 is 0 Å². The zero-order chi connectivity index (χ0) is 14.3. The number of nitrogens with zero attached hydrogens (tertiary/aromatic N) is 2. The number of aromatic nitrogens is 2. The quantitative estimate of drug-likeness (QED) is 0.678. The lowest BCUT2D eigenvalue weighted by atomic mass is 9.86. The first-order valence-electron chi connectivity index (χ1n) is 7.69. The molecule has 1 fully saturated rings. The van der Waals surface area contributed by atoms with Crippen molar-refractivity contribution in [1.29, 1.82) is 0 Å². The monoisotopic (exact) mass is 290 g/mol. The van der Waals surface area contributed by atoms with Crippen molar-refractivity contribution in [2.24, 2.45) is 5.92 Å². The smallest absolute Gasteiger partial charge is 0.127 e. The maximum atomic E-state index is 6.40. The van der Waals surface area contributed by atoms with Gasteiger partial charge in [0.05, 0.1) is 16.4 Å². The SMILES string of the molecule is Cc1cccc2c1nc(C(C)Cl)n2C1CCCC(C)C1. The minimum atomic E-state index is -0.0426. The van der Waals surface area contributed by atoms with Gasteiger partial charge in [0, 0.05) is 6.04 Å². The number of imidazole rings is 1. The van der Waals surface area contributed by atoms with Crippen LogP contribution in [0.4, 0.5) is 0 Å². The van der Waals surface area contributed by atoms with E-state index in [2.05, 4.69) is 36.6 Å². The molecule has 20 heavy (non-hydrogen) atoms. The number of hydrogen-bond donors (Lipinski definition) is 0. The molecule has 0 N–H and O–H groups in total. The molecule has 3 atom stereocenters. The first kappa shape index (κ1) is 13.9. The third-order valence-corrected chi connectivity index (χ3v) is 4.77. The third-order valence-electron chi connectivity index (χ3n) is 4.58. The van der Waals surface area contributed by atoms with Crippen LogP contribution in [0.2, 0.25) is 0 Å². The van der Waals surface area contributed by atoms with E-state index in [1.165, 1.54) is 36.8 Å². The van der Waals surface area contributed by atoms with Gasteiger partial charge in [0.1, 0.15) is 5.82 Å². The van der Waals surface area contributed by atoms with Crippen LogP contribution in [0.1, 0.15) is 62.3 Å². The predicted molar refractivity (Wildman–Crippen MR) is 85.4 cm³/mol. The molecule has 2 nitrogen and oxygen atoms in total. The van der Waals surface area contributed by atoms with Crippen LogP contribution < -0.4 is 0 Å². The highest BCUT2D eigenvalue weighted by Crippen LogP contribution is 2.38. The van der Waals surface area contributed by atoms with Crippen LogP contribution in [-0.2, 0) is 0 Å². The molecule has 0 spiro atoms. The van der Waals surface area contributed by atoms with Crippen molar-refractivity contribution in [3.63, 3.8) is 0 Å². The van der Waals surface area contributed by atoms with Gasteiger partial charge >= 0.3 is 0 Å². The number of fused-ring (bicyclic) bond motifs is 1. The van der Waals surface area contributed by atoms with E-state index in [0.717, 1.165) is 17.3 Å². The molecule has 1 heterocycles. The minimum Gasteiger partial charge on any atom is -0.324 e. The summed E-state index contributed by atoms with van der Waals surface area (Å²) in [7, 11) is 0. The van der Waals surface area contributed by atoms with Crippen LogP contribution in [0.3, 0.4) is 0 Å². The van der Waals surface area contributed by atoms with Gasteiger partial charge in [0.15, 0.2) is 0 Å². The second-order valence-corrected chi connectivity index (χ2v) is 6.98. The van der Waals surface area contributed by atoms with Gasteiger partial charge in [-0.25, -0.2) is 4.98 Å². The predicted octanol–water partition coefficient (Wildman–Crippen LogP) is 5.40. The van der Waals surface area contributed by atoms with Gasteiger partial charge in [-0.2, -0.15) is 0 Å². The molecule has 1 aromatic carbocycles. The molecule has 0 saturated heterocycles. The summed E-state index contributed by atoms with van der Waals surface area (Å²) in [5.41, 5.74) is 3.61. The first-order chi connectivity index (χ1) is 9.58. The topological polar surface area (TPSA) is 17.8 Å². The van der Waals surface area contributed by atoms with E-state index in [9.17, 15) is 0 Å². The maximum absolute atomic E-state index is 6.40. The van der Waals surface area contributed by atoms with Crippen molar-refractivity contribution >= 4 is 22.6 Å². The Hall–Kier alpha value is -1.02. The standard InChI is InChI=1S/C17H23ClN2/c1-11-6-4-8-14(10-11)20-15-9-5-7-12(2)16(15)19-17(20)13(3)18/h5,7,9,11,13-14H,4,6,8,10H2,1-3H3. The van der Waals surface area contributed by atoms with E-state index in [4.69, 9.17) is 16.6 Å². The molecule has 0 aliphatic heterocycles. The van der Waals surface area contributed by atoms with Crippen LogP contribution in [0.15, 0.2) is 18.2 Å². The second kappa shape index (κ2) is 5.40. The highest BCUT2D eigenvalue weighted by Gasteiger charge is 2.26. The van der Waals surface area contributed by atoms with Gasteiger partial charge < -0.3 is 4.57 Å². The molecule has 1 aliphatic rings. The number of alkyl halides is 1. The fraction of sp³-hybridized carbons (Fsp3) is 0.588. The largest absolute Gasteiger partial charge is 0.324 e. The normalized spacial score (nSPS) is 25.0. The van der Waals surface area contributed by atoms with Crippen LogP contribution >= 0.6 is 11.6 Å². The summed E-state index contributed by atoms with van der Waals surface area (Å²) in [5.74, 6) is 1.84. The van der Waals surface area contributed by atoms with Gasteiger partial charge in [0.2, 0.25) is 0 Å². The van der Waals surface area contributed by atoms with Gasteiger partial charge in [-0.05, 0) is 44.2 Å². The fourth-order valence-corrected chi connectivity index (χ4v) is 3.73. The van der Waals surface area contributed by atoms with Gasteiger partial charge in [-0.3, -0.25) is 0 Å². The van der Waals surface area contributed by atoms with E-state index in [-0.39, 0.29) is 5.38 Å². The zero-order valence-electron chi connectivity index (χ0n) is 12.6. The molecule has 108 valence electrons. The van der Waals surface area contributed by atoms with Crippen molar-refractivity contribution < 1.29 is 0 Å². The molecule has 1 aliphatic carbocycles. The Morgan fingerprint density at radius 3 is 2.85 bits per heavy atom. The minimum absolute atomic E-state index is 0.0426. The van der Waals surface area contributed by atoms with Crippen molar-refractivity contribution in [2.75, 3.05) is 0 Å². The van der Waals surface area contributed by atoms with E-state index in [1.54, 1.807) is 0 Å². The molecule has 0 radical (unpaired) electrons. The van der Waals surface area contributed by atoms with Crippen LogP contribution in [0.25, 0.3) is 11.0 Å². The Morgan fingerprint density at radius 2 is 2.15 bits per heavy atom. The highest BCUT2D eigenvalue weighted by atomic mass is 35.5. The second-order valence-electron chi connectivity index (χ2n) is 6.32. The summed E-state index contributed by atoms with van der Waals surface area (Å²) in [6.45, 7) is 6.52. The molecule has 1 saturated carbocycles. The number of para-hydroxylation sites is 1. The molecule has 3 heteroatoms. The third kappa shape index (κ3) is 2.35. The Kier molecular flexibility index (Phi) is 3.76. The average Bonchev–Trinajstić information content (AvgIpc) is 2.80. The Labute approximate surface area is 126 Å². The lowest BCUT2D eigenvalue weighted by molar-refractivity contribution is 0.282. The number of rotatable bonds is 2. The number of halogens is 1. The number of aryl methyl sites for hydroxylation is 1. The molecule has 1 aromatic heterocycles. The summed E-state index contributed by atoms with van der Waals surface area (Å²) in [5, 5.41) is -0.0426. The Morgan fingerprint density at radius 1 is 1.35 bits per heavy atom. The van der Waals surface area contributed by atoms with Crippen LogP contribution in [0, 0.1) is 12.8 Å². The highest BCUT2D eigenvalue weighted by molar-refractivity contribution is 6.20. The lowest BCUT2D eigenvalue weighted by Gasteiger charge is -2.30. The van der Waals surface area contributed by atoms with Gasteiger partial charge in [-0.15, -0.1) is 11.6 Å². The van der Waals surface area contributed by atoms with Crippen molar-refractivity contribution in [1.82, 2.24) is 9.55 Å². The molecular weight excluding hydrogens is 268 g/mol. The lowest BCUT2D eigenvalue weighted by Crippen LogP contribution is -2.19. The van der Waals surface area contributed by atoms with Crippen LogP contribution in [-0.4, -0.2) is 9.55 Å². The van der Waals surface area contributed by atoms with Crippen molar-refractivity contribution in [3.05, 3.63) is 29.6 Å². The average molecular weight is 291 g/mol. The molecular formula is C17H23ClN2. The van der Waals surface area contributed by atoms with Gasteiger partial charge in [0.25, 0.3) is 0 Å². The number of benzene rings is 1. The fourth-order valence-electron chi connectivity index (χ4n) is 3.58. The molecule has 3 unspecified atom stereocenters. The van der Waals surface area contributed by atoms with Crippen molar-refractivity contribution in [3.8, 4) is 0 Å². The summed E-state index contributed by atoms with van der Waals surface area (Å²) in [6, 6.07) is 7.01. The summed E-state index contributed by atoms with van der Waals surface area (Å²) < 4.78 is 2.43. The van der Waals surface area contributed by atoms with Crippen molar-refractivity contribution in [2.45, 2.75) is 57.9 Å². The molecule has 3 rings (SSSR count). The first-order valence-corrected chi connectivity index (χ1v) is 8.13. The summed E-state index contributed by atoms with van der Waals surface area (Å²) >= 11 is 6.40. The van der Waals surface area contributed by atoms with Gasteiger partial charge in [-0.1, -0.05) is 31.9 Å².